The molecule has 1 fully saturated rings. The van der Waals surface area contributed by atoms with Gasteiger partial charge in [-0.05, 0) is 28.1 Å². The Balaban J connectivity index is 2.23. The summed E-state index contributed by atoms with van der Waals surface area (Å²) in [5.41, 5.74) is 0.261. The van der Waals surface area contributed by atoms with Crippen LogP contribution in [0.3, 0.4) is 0 Å². The van der Waals surface area contributed by atoms with Gasteiger partial charge in [0, 0.05) is 20.1 Å². The van der Waals surface area contributed by atoms with Crippen LogP contribution in [0, 0.1) is 5.82 Å². The monoisotopic (exact) mass is 316 g/mol. The van der Waals surface area contributed by atoms with Gasteiger partial charge in [-0.3, -0.25) is 4.79 Å². The predicted octanol–water partition coefficient (Wildman–Crippen LogP) is 0.993. The molecule has 1 amide bonds. The number of carbonyl (C=O) groups excluding carboxylic acids is 1. The molecule has 4 nitrogen and oxygen atoms in total. The molecule has 1 aromatic carbocycles. The van der Waals surface area contributed by atoms with Gasteiger partial charge in [0.05, 0.1) is 22.2 Å². The van der Waals surface area contributed by atoms with E-state index in [9.17, 15) is 14.3 Å². The number of amides is 1. The standard InChI is InChI=1S/C12H14BrFN2O2/c1-16(9-5-15-6-10(9)17)12(18)7-3-2-4-8(14)11(7)13/h2-4,9-10,15,17H,5-6H2,1H3/t9-,10-/m0/s1. The number of aliphatic hydroxyl groups excluding tert-OH is 1. The molecule has 0 aliphatic carbocycles. The lowest BCUT2D eigenvalue weighted by atomic mass is 10.1. The molecule has 1 aromatic rings. The number of benzene rings is 1. The van der Waals surface area contributed by atoms with Crippen LogP contribution >= 0.6 is 15.9 Å². The van der Waals surface area contributed by atoms with Gasteiger partial charge in [0.15, 0.2) is 0 Å². The van der Waals surface area contributed by atoms with Crippen molar-refractivity contribution >= 4 is 21.8 Å². The van der Waals surface area contributed by atoms with Gasteiger partial charge in [0.1, 0.15) is 5.82 Å². The Hall–Kier alpha value is -0.980. The summed E-state index contributed by atoms with van der Waals surface area (Å²) >= 11 is 3.07. The predicted molar refractivity (Wildman–Crippen MR) is 68.9 cm³/mol. The van der Waals surface area contributed by atoms with Gasteiger partial charge in [-0.1, -0.05) is 6.07 Å². The lowest BCUT2D eigenvalue weighted by Crippen LogP contribution is -2.44. The van der Waals surface area contributed by atoms with E-state index in [1.54, 1.807) is 13.1 Å². The number of hydrogen-bond donors (Lipinski definition) is 2. The number of aliphatic hydroxyl groups is 1. The molecule has 18 heavy (non-hydrogen) atoms. The van der Waals surface area contributed by atoms with E-state index in [1.807, 2.05) is 0 Å². The summed E-state index contributed by atoms with van der Waals surface area (Å²) in [6.45, 7) is 1.00. The quantitative estimate of drug-likeness (QED) is 0.855. The average Bonchev–Trinajstić information content (AvgIpc) is 2.77. The molecule has 1 aliphatic heterocycles. The maximum absolute atomic E-state index is 13.4. The Morgan fingerprint density at radius 1 is 1.56 bits per heavy atom. The topological polar surface area (TPSA) is 52.6 Å². The van der Waals surface area contributed by atoms with Crippen LogP contribution in [0.25, 0.3) is 0 Å². The van der Waals surface area contributed by atoms with E-state index in [-0.39, 0.29) is 22.0 Å². The van der Waals surface area contributed by atoms with Gasteiger partial charge in [0.25, 0.3) is 5.91 Å². The molecule has 6 heteroatoms. The first kappa shape index (κ1) is 13.5. The average molecular weight is 317 g/mol. The number of halogens is 2. The smallest absolute Gasteiger partial charge is 0.255 e. The molecule has 2 rings (SSSR count). The van der Waals surface area contributed by atoms with Gasteiger partial charge in [0.2, 0.25) is 0 Å². The van der Waals surface area contributed by atoms with Crippen molar-refractivity contribution in [3.63, 3.8) is 0 Å². The molecule has 0 spiro atoms. The second kappa shape index (κ2) is 5.34. The molecule has 1 heterocycles. The molecule has 0 radical (unpaired) electrons. The van der Waals surface area contributed by atoms with Crippen LogP contribution in [0.1, 0.15) is 10.4 Å². The highest BCUT2D eigenvalue weighted by atomic mass is 79.9. The highest BCUT2D eigenvalue weighted by Gasteiger charge is 2.32. The zero-order valence-corrected chi connectivity index (χ0v) is 11.4. The van der Waals surface area contributed by atoms with Crippen molar-refractivity contribution < 1.29 is 14.3 Å². The molecule has 2 atom stereocenters. The Kier molecular flexibility index (Phi) is 3.99. The van der Waals surface area contributed by atoms with Crippen LogP contribution in [-0.4, -0.2) is 48.2 Å². The van der Waals surface area contributed by atoms with Gasteiger partial charge < -0.3 is 15.3 Å². The Morgan fingerprint density at radius 2 is 2.28 bits per heavy atom. The normalized spacial score (nSPS) is 23.1. The summed E-state index contributed by atoms with van der Waals surface area (Å²) < 4.78 is 13.5. The minimum absolute atomic E-state index is 0.155. The summed E-state index contributed by atoms with van der Waals surface area (Å²) in [6.07, 6.45) is -0.591. The first-order valence-corrected chi connectivity index (χ1v) is 6.41. The molecular formula is C12H14BrFN2O2. The van der Waals surface area contributed by atoms with Crippen LogP contribution in [0.5, 0.6) is 0 Å². The number of β-amino-alcohol motifs (C(OH)–C–C–N with tert-alkyl or cyclic N) is 1. The van der Waals surface area contributed by atoms with Crippen LogP contribution < -0.4 is 5.32 Å². The third-order valence-corrected chi connectivity index (χ3v) is 3.96. The van der Waals surface area contributed by atoms with Crippen molar-refractivity contribution in [2.24, 2.45) is 0 Å². The van der Waals surface area contributed by atoms with Crippen molar-refractivity contribution in [2.45, 2.75) is 12.1 Å². The third-order valence-electron chi connectivity index (χ3n) is 3.15. The van der Waals surface area contributed by atoms with Crippen LogP contribution in [-0.2, 0) is 0 Å². The molecule has 0 unspecified atom stereocenters. The molecule has 2 N–H and O–H groups in total. The summed E-state index contributed by atoms with van der Waals surface area (Å²) in [5, 5.41) is 12.7. The fourth-order valence-corrected chi connectivity index (χ4v) is 2.49. The van der Waals surface area contributed by atoms with E-state index >= 15 is 0 Å². The van der Waals surface area contributed by atoms with E-state index in [0.29, 0.717) is 13.1 Å². The highest BCUT2D eigenvalue weighted by Crippen LogP contribution is 2.22. The maximum atomic E-state index is 13.4. The van der Waals surface area contributed by atoms with E-state index < -0.39 is 11.9 Å². The van der Waals surface area contributed by atoms with E-state index in [2.05, 4.69) is 21.2 Å². The fourth-order valence-electron chi connectivity index (χ4n) is 2.06. The highest BCUT2D eigenvalue weighted by molar-refractivity contribution is 9.10. The Morgan fingerprint density at radius 3 is 2.89 bits per heavy atom. The number of likely N-dealkylation sites (N-methyl/N-ethyl adjacent to an activating group) is 1. The minimum Gasteiger partial charge on any atom is -0.390 e. The number of rotatable bonds is 2. The number of nitrogens with one attached hydrogen (secondary N) is 1. The van der Waals surface area contributed by atoms with Gasteiger partial charge in [-0.15, -0.1) is 0 Å². The second-order valence-electron chi connectivity index (χ2n) is 4.31. The number of nitrogens with zero attached hydrogens (tertiary/aromatic N) is 1. The maximum Gasteiger partial charge on any atom is 0.255 e. The van der Waals surface area contributed by atoms with Crippen molar-refractivity contribution in [1.29, 1.82) is 0 Å². The first-order valence-electron chi connectivity index (χ1n) is 5.62. The zero-order chi connectivity index (χ0) is 13.3. The number of carbonyl (C=O) groups is 1. The van der Waals surface area contributed by atoms with Gasteiger partial charge in [-0.25, -0.2) is 4.39 Å². The lowest BCUT2D eigenvalue weighted by Gasteiger charge is -2.26. The molecule has 0 saturated carbocycles. The van der Waals surface area contributed by atoms with Crippen LogP contribution in [0.2, 0.25) is 0 Å². The Bertz CT molecular complexity index is 469. The van der Waals surface area contributed by atoms with Crippen molar-refractivity contribution in [1.82, 2.24) is 10.2 Å². The second-order valence-corrected chi connectivity index (χ2v) is 5.10. The first-order chi connectivity index (χ1) is 8.52. The molecule has 1 saturated heterocycles. The minimum atomic E-state index is -0.591. The lowest BCUT2D eigenvalue weighted by molar-refractivity contribution is 0.0580. The van der Waals surface area contributed by atoms with E-state index in [4.69, 9.17) is 0 Å². The molecule has 1 aliphatic rings. The summed E-state index contributed by atoms with van der Waals surface area (Å²) in [5.74, 6) is -0.784. The Labute approximate surface area is 113 Å². The van der Waals surface area contributed by atoms with Crippen molar-refractivity contribution in [3.8, 4) is 0 Å². The summed E-state index contributed by atoms with van der Waals surface area (Å²) in [7, 11) is 1.61. The van der Waals surface area contributed by atoms with E-state index in [1.165, 1.54) is 17.0 Å². The summed E-state index contributed by atoms with van der Waals surface area (Å²) in [6, 6.07) is 4.05. The third kappa shape index (κ3) is 2.41. The molecule has 98 valence electrons. The van der Waals surface area contributed by atoms with E-state index in [0.717, 1.165) is 0 Å². The largest absolute Gasteiger partial charge is 0.390 e. The fraction of sp³-hybridized carbons (Fsp3) is 0.417. The van der Waals surface area contributed by atoms with Crippen molar-refractivity contribution in [3.05, 3.63) is 34.1 Å². The van der Waals surface area contributed by atoms with Gasteiger partial charge in [-0.2, -0.15) is 0 Å². The number of hydrogen-bond acceptors (Lipinski definition) is 3. The van der Waals surface area contributed by atoms with Crippen LogP contribution in [0.15, 0.2) is 22.7 Å². The van der Waals surface area contributed by atoms with Crippen molar-refractivity contribution in [2.75, 3.05) is 20.1 Å². The molecule has 0 bridgehead atoms. The SMILES string of the molecule is CN(C(=O)c1cccc(F)c1Br)[C@H]1CNC[C@@H]1O. The molecule has 0 aromatic heterocycles. The zero-order valence-electron chi connectivity index (χ0n) is 9.86. The van der Waals surface area contributed by atoms with Gasteiger partial charge >= 0.3 is 0 Å². The molecular weight excluding hydrogens is 303 g/mol. The summed E-state index contributed by atoms with van der Waals surface area (Å²) in [4.78, 5) is 13.7. The van der Waals surface area contributed by atoms with Crippen LogP contribution in [0.4, 0.5) is 4.39 Å².